The van der Waals surface area contributed by atoms with Crippen LogP contribution in [0.2, 0.25) is 5.02 Å². The highest BCUT2D eigenvalue weighted by molar-refractivity contribution is 7.89. The molecule has 1 atom stereocenters. The summed E-state index contributed by atoms with van der Waals surface area (Å²) in [6.45, 7) is 0. The van der Waals surface area contributed by atoms with Crippen LogP contribution in [0.3, 0.4) is 0 Å². The average Bonchev–Trinajstić information content (AvgIpc) is 2.41. The number of amides is 1. The highest BCUT2D eigenvalue weighted by Gasteiger charge is 2.34. The van der Waals surface area contributed by atoms with Gasteiger partial charge in [-0.05, 0) is 24.3 Å². The number of carbonyl (C=O) groups excluding carboxylic acids is 1. The topological polar surface area (TPSA) is 66.5 Å². The quantitative estimate of drug-likeness (QED) is 0.856. The van der Waals surface area contributed by atoms with Gasteiger partial charge < -0.3 is 5.32 Å². The molecule has 104 valence electrons. The highest BCUT2D eigenvalue weighted by Crippen LogP contribution is 2.23. The van der Waals surface area contributed by atoms with E-state index in [1.807, 2.05) is 0 Å². The number of rotatable bonds is 3. The van der Waals surface area contributed by atoms with Gasteiger partial charge in [-0.15, -0.1) is 12.3 Å². The number of sulfonamides is 1. The van der Waals surface area contributed by atoms with Crippen molar-refractivity contribution in [3.8, 4) is 12.3 Å². The molecule has 0 fully saturated rings. The molecule has 1 amide bonds. The molecular weight excluding hydrogens is 300 g/mol. The SMILES string of the molecule is C#CCC1C(=O)NC=CN1S(=O)(=O)c1ccc(Cl)cc1. The Labute approximate surface area is 122 Å². The van der Waals surface area contributed by atoms with Crippen molar-refractivity contribution in [3.05, 3.63) is 41.7 Å². The van der Waals surface area contributed by atoms with Gasteiger partial charge in [-0.25, -0.2) is 8.42 Å². The van der Waals surface area contributed by atoms with Crippen LogP contribution in [0.4, 0.5) is 0 Å². The number of carbonyl (C=O) groups is 1. The first-order valence-corrected chi connectivity index (χ1v) is 7.48. The Kier molecular flexibility index (Phi) is 4.02. The van der Waals surface area contributed by atoms with E-state index >= 15 is 0 Å². The molecule has 0 aliphatic carbocycles. The van der Waals surface area contributed by atoms with Crippen LogP contribution in [0.5, 0.6) is 0 Å². The molecule has 0 saturated heterocycles. The lowest BCUT2D eigenvalue weighted by Gasteiger charge is -2.30. The number of hydrogen-bond acceptors (Lipinski definition) is 3. The maximum Gasteiger partial charge on any atom is 0.264 e. The van der Waals surface area contributed by atoms with Crippen molar-refractivity contribution in [3.63, 3.8) is 0 Å². The van der Waals surface area contributed by atoms with Gasteiger partial charge >= 0.3 is 0 Å². The number of halogens is 1. The van der Waals surface area contributed by atoms with Crippen LogP contribution in [0.1, 0.15) is 6.42 Å². The standard InChI is InChI=1S/C13H11ClN2O3S/c1-2-3-12-13(17)15-8-9-16(12)20(18,19)11-6-4-10(14)5-7-11/h1,4-9,12H,3H2,(H,15,17). The van der Waals surface area contributed by atoms with Crippen molar-refractivity contribution in [1.29, 1.82) is 0 Å². The lowest BCUT2D eigenvalue weighted by Crippen LogP contribution is -2.48. The van der Waals surface area contributed by atoms with Gasteiger partial charge in [0.25, 0.3) is 10.0 Å². The van der Waals surface area contributed by atoms with Gasteiger partial charge in [0.15, 0.2) is 0 Å². The zero-order chi connectivity index (χ0) is 14.8. The third kappa shape index (κ3) is 2.64. The monoisotopic (exact) mass is 310 g/mol. The molecule has 1 aromatic rings. The second-order valence-electron chi connectivity index (χ2n) is 4.04. The first kappa shape index (κ1) is 14.4. The minimum Gasteiger partial charge on any atom is -0.329 e. The van der Waals surface area contributed by atoms with Crippen molar-refractivity contribution in [2.75, 3.05) is 0 Å². The van der Waals surface area contributed by atoms with Gasteiger partial charge in [-0.3, -0.25) is 9.10 Å². The summed E-state index contributed by atoms with van der Waals surface area (Å²) >= 11 is 5.74. The van der Waals surface area contributed by atoms with E-state index in [1.165, 1.54) is 36.7 Å². The molecule has 0 aromatic heterocycles. The number of terminal acetylenes is 1. The van der Waals surface area contributed by atoms with E-state index in [0.29, 0.717) is 5.02 Å². The van der Waals surface area contributed by atoms with Gasteiger partial charge in [0, 0.05) is 23.8 Å². The van der Waals surface area contributed by atoms with Crippen LogP contribution in [0.25, 0.3) is 0 Å². The van der Waals surface area contributed by atoms with E-state index < -0.39 is 22.0 Å². The fourth-order valence-electron chi connectivity index (χ4n) is 1.78. The van der Waals surface area contributed by atoms with Crippen molar-refractivity contribution in [2.24, 2.45) is 0 Å². The third-order valence-corrected chi connectivity index (χ3v) is 4.81. The zero-order valence-corrected chi connectivity index (χ0v) is 11.9. The van der Waals surface area contributed by atoms with Crippen LogP contribution in [-0.4, -0.2) is 24.7 Å². The lowest BCUT2D eigenvalue weighted by atomic mass is 10.2. The summed E-state index contributed by atoms with van der Waals surface area (Å²) in [5.41, 5.74) is 0. The van der Waals surface area contributed by atoms with E-state index in [0.717, 1.165) is 4.31 Å². The Morgan fingerprint density at radius 2 is 2.00 bits per heavy atom. The molecule has 7 heteroatoms. The van der Waals surface area contributed by atoms with E-state index in [2.05, 4.69) is 11.2 Å². The molecule has 1 aromatic carbocycles. The van der Waals surface area contributed by atoms with Crippen molar-refractivity contribution < 1.29 is 13.2 Å². The molecule has 0 radical (unpaired) electrons. The maximum absolute atomic E-state index is 12.5. The van der Waals surface area contributed by atoms with Crippen molar-refractivity contribution >= 4 is 27.5 Å². The molecule has 2 rings (SSSR count). The summed E-state index contributed by atoms with van der Waals surface area (Å²) in [5, 5.41) is 2.86. The predicted molar refractivity (Wildman–Crippen MR) is 75.0 cm³/mol. The van der Waals surface area contributed by atoms with E-state index in [4.69, 9.17) is 18.0 Å². The molecule has 5 nitrogen and oxygen atoms in total. The van der Waals surface area contributed by atoms with Gasteiger partial charge in [0.05, 0.1) is 4.90 Å². The van der Waals surface area contributed by atoms with Gasteiger partial charge in [0.2, 0.25) is 5.91 Å². The second kappa shape index (κ2) is 5.57. The normalized spacial score (nSPS) is 18.5. The Morgan fingerprint density at radius 3 is 2.60 bits per heavy atom. The fraction of sp³-hybridized carbons (Fsp3) is 0.154. The highest BCUT2D eigenvalue weighted by atomic mass is 35.5. The molecule has 1 aliphatic rings. The summed E-state index contributed by atoms with van der Waals surface area (Å²) in [6.07, 6.45) is 7.73. The van der Waals surface area contributed by atoms with Crippen LogP contribution in [0, 0.1) is 12.3 Å². The van der Waals surface area contributed by atoms with Gasteiger partial charge in [-0.1, -0.05) is 11.6 Å². The molecule has 0 saturated carbocycles. The predicted octanol–water partition coefficient (Wildman–Crippen LogP) is 1.32. The molecule has 20 heavy (non-hydrogen) atoms. The average molecular weight is 311 g/mol. The summed E-state index contributed by atoms with van der Waals surface area (Å²) in [5.74, 6) is 1.85. The molecule has 1 N–H and O–H groups in total. The first-order chi connectivity index (χ1) is 9.46. The molecular formula is C13H11ClN2O3S. The van der Waals surface area contributed by atoms with Crippen LogP contribution >= 0.6 is 11.6 Å². The second-order valence-corrected chi connectivity index (χ2v) is 6.32. The third-order valence-electron chi connectivity index (χ3n) is 2.76. The van der Waals surface area contributed by atoms with Crippen LogP contribution in [0.15, 0.2) is 41.6 Å². The summed E-state index contributed by atoms with van der Waals surface area (Å²) in [6, 6.07) is 4.75. The van der Waals surface area contributed by atoms with E-state index in [1.54, 1.807) is 0 Å². The summed E-state index contributed by atoms with van der Waals surface area (Å²) in [7, 11) is -3.85. The minimum absolute atomic E-state index is 0.0109. The molecule has 1 heterocycles. The summed E-state index contributed by atoms with van der Waals surface area (Å²) < 4.78 is 26.0. The Balaban J connectivity index is 2.44. The first-order valence-electron chi connectivity index (χ1n) is 5.66. The number of nitrogens with zero attached hydrogens (tertiary/aromatic N) is 1. The zero-order valence-electron chi connectivity index (χ0n) is 10.3. The fourth-order valence-corrected chi connectivity index (χ4v) is 3.35. The Hall–Kier alpha value is -1.97. The van der Waals surface area contributed by atoms with Crippen molar-refractivity contribution in [2.45, 2.75) is 17.4 Å². The molecule has 1 unspecified atom stereocenters. The van der Waals surface area contributed by atoms with Crippen molar-refractivity contribution in [1.82, 2.24) is 9.62 Å². The Bertz CT molecular complexity index is 689. The Morgan fingerprint density at radius 1 is 1.35 bits per heavy atom. The largest absolute Gasteiger partial charge is 0.329 e. The molecule has 0 spiro atoms. The number of hydrogen-bond donors (Lipinski definition) is 1. The minimum atomic E-state index is -3.85. The molecule has 1 aliphatic heterocycles. The maximum atomic E-state index is 12.5. The molecule has 0 bridgehead atoms. The smallest absolute Gasteiger partial charge is 0.264 e. The van der Waals surface area contributed by atoms with E-state index in [9.17, 15) is 13.2 Å². The number of benzene rings is 1. The van der Waals surface area contributed by atoms with E-state index in [-0.39, 0.29) is 11.3 Å². The summed E-state index contributed by atoms with van der Waals surface area (Å²) in [4.78, 5) is 11.8. The lowest BCUT2D eigenvalue weighted by molar-refractivity contribution is -0.123. The van der Waals surface area contributed by atoms with Crippen LogP contribution in [-0.2, 0) is 14.8 Å². The van der Waals surface area contributed by atoms with Gasteiger partial charge in [-0.2, -0.15) is 0 Å². The van der Waals surface area contributed by atoms with Crippen LogP contribution < -0.4 is 5.32 Å². The van der Waals surface area contributed by atoms with Gasteiger partial charge in [0.1, 0.15) is 6.04 Å². The number of nitrogens with one attached hydrogen (secondary N) is 1.